The van der Waals surface area contributed by atoms with Gasteiger partial charge in [-0.05, 0) is 25.3 Å². The maximum Gasteiger partial charge on any atom is 0.0469 e. The highest BCUT2D eigenvalue weighted by Gasteiger charge is 2.35. The van der Waals surface area contributed by atoms with Crippen molar-refractivity contribution in [3.63, 3.8) is 0 Å². The molecule has 2 rings (SSSR count). The van der Waals surface area contributed by atoms with Crippen molar-refractivity contribution in [3.8, 4) is 0 Å². The minimum atomic E-state index is 0.691. The second kappa shape index (κ2) is 7.27. The molecule has 0 spiro atoms. The van der Waals surface area contributed by atoms with Crippen LogP contribution in [0.25, 0.3) is 0 Å². The molecule has 0 amide bonds. The molecule has 0 aromatic carbocycles. The first-order valence-electron chi connectivity index (χ1n) is 6.87. The smallest absolute Gasteiger partial charge is 0.0469 e. The third kappa shape index (κ3) is 3.79. The Balaban J connectivity index is 1.98. The lowest BCUT2D eigenvalue weighted by molar-refractivity contribution is 0.0536. The Kier molecular flexibility index (Phi) is 6.00. The normalized spacial score (nSPS) is 33.5. The summed E-state index contributed by atoms with van der Waals surface area (Å²) in [5.41, 5.74) is 0. The predicted octanol–water partition coefficient (Wildman–Crippen LogP) is 2.63. The van der Waals surface area contributed by atoms with Crippen LogP contribution in [0, 0.1) is 5.92 Å². The van der Waals surface area contributed by atoms with E-state index in [-0.39, 0.29) is 0 Å². The van der Waals surface area contributed by atoms with Crippen LogP contribution in [-0.2, 0) is 4.74 Å². The zero-order valence-electron chi connectivity index (χ0n) is 11.0. The van der Waals surface area contributed by atoms with E-state index in [0.29, 0.717) is 6.04 Å². The number of ether oxygens (including phenoxy) is 1. The van der Waals surface area contributed by atoms with Crippen LogP contribution in [0.3, 0.4) is 0 Å². The first-order valence-corrected chi connectivity index (χ1v) is 8.97. The summed E-state index contributed by atoms with van der Waals surface area (Å²) >= 11 is 4.34. The third-order valence-corrected chi connectivity index (χ3v) is 7.02. The first kappa shape index (κ1) is 14.0. The van der Waals surface area contributed by atoms with Gasteiger partial charge in [-0.2, -0.15) is 23.5 Å². The van der Waals surface area contributed by atoms with Gasteiger partial charge in [0.25, 0.3) is 0 Å². The highest BCUT2D eigenvalue weighted by atomic mass is 32.2. The Hall–Kier alpha value is 0.620. The number of hydrogen-bond acceptors (Lipinski definition) is 4. The van der Waals surface area contributed by atoms with Crippen LogP contribution >= 0.6 is 23.5 Å². The van der Waals surface area contributed by atoms with Crippen molar-refractivity contribution in [1.29, 1.82) is 0 Å². The summed E-state index contributed by atoms with van der Waals surface area (Å²) in [5, 5.41) is 5.34. The molecule has 2 aliphatic rings. The summed E-state index contributed by atoms with van der Waals surface area (Å²) < 4.78 is 5.50. The van der Waals surface area contributed by atoms with Crippen molar-refractivity contribution in [2.75, 3.05) is 31.3 Å². The summed E-state index contributed by atoms with van der Waals surface area (Å²) in [6.07, 6.45) is 2.48. The lowest BCUT2D eigenvalue weighted by Crippen LogP contribution is -2.50. The summed E-state index contributed by atoms with van der Waals surface area (Å²) in [6.45, 7) is 7.66. The first-order chi connectivity index (χ1) is 8.33. The Bertz CT molecular complexity index is 221. The molecule has 0 aliphatic carbocycles. The van der Waals surface area contributed by atoms with Crippen LogP contribution in [0.5, 0.6) is 0 Å². The number of thioether (sulfide) groups is 2. The minimum Gasteiger partial charge on any atom is -0.381 e. The quantitative estimate of drug-likeness (QED) is 0.851. The summed E-state index contributed by atoms with van der Waals surface area (Å²) in [5.74, 6) is 3.47. The Morgan fingerprint density at radius 2 is 1.94 bits per heavy atom. The molecule has 0 aromatic heterocycles. The van der Waals surface area contributed by atoms with E-state index in [1.54, 1.807) is 0 Å². The van der Waals surface area contributed by atoms with Crippen LogP contribution in [0.2, 0.25) is 0 Å². The van der Waals surface area contributed by atoms with Gasteiger partial charge in [0.05, 0.1) is 0 Å². The van der Waals surface area contributed by atoms with Crippen LogP contribution in [0.15, 0.2) is 0 Å². The SMILES string of the molecule is CCNC(C1CCOCC1)C1SCCSC1C. The second-order valence-corrected chi connectivity index (χ2v) is 7.72. The molecule has 2 aliphatic heterocycles. The van der Waals surface area contributed by atoms with E-state index < -0.39 is 0 Å². The van der Waals surface area contributed by atoms with E-state index >= 15 is 0 Å². The number of rotatable bonds is 4. The van der Waals surface area contributed by atoms with Crippen LogP contribution in [-0.4, -0.2) is 47.8 Å². The fourth-order valence-electron chi connectivity index (χ4n) is 2.91. The molecule has 2 nitrogen and oxygen atoms in total. The lowest BCUT2D eigenvalue weighted by atomic mass is 9.88. The zero-order chi connectivity index (χ0) is 12.1. The Morgan fingerprint density at radius 3 is 2.59 bits per heavy atom. The maximum absolute atomic E-state index is 5.50. The van der Waals surface area contributed by atoms with E-state index in [9.17, 15) is 0 Å². The number of hydrogen-bond donors (Lipinski definition) is 1. The van der Waals surface area contributed by atoms with Gasteiger partial charge in [0.1, 0.15) is 0 Å². The topological polar surface area (TPSA) is 21.3 Å². The number of nitrogens with one attached hydrogen (secondary N) is 1. The monoisotopic (exact) mass is 275 g/mol. The molecule has 17 heavy (non-hydrogen) atoms. The standard InChI is InChI=1S/C13H25NOS2/c1-3-14-12(11-4-6-15-7-5-11)13-10(2)16-8-9-17-13/h10-14H,3-9H2,1-2H3. The van der Waals surface area contributed by atoms with E-state index in [0.717, 1.165) is 36.2 Å². The van der Waals surface area contributed by atoms with Crippen LogP contribution in [0.4, 0.5) is 0 Å². The predicted molar refractivity (Wildman–Crippen MR) is 79.2 cm³/mol. The molecule has 3 unspecified atom stereocenters. The van der Waals surface area contributed by atoms with Crippen molar-refractivity contribution < 1.29 is 4.74 Å². The molecule has 3 atom stereocenters. The summed E-state index contributed by atoms with van der Waals surface area (Å²) in [6, 6.07) is 0.691. The van der Waals surface area contributed by atoms with Crippen molar-refractivity contribution in [2.24, 2.45) is 5.92 Å². The van der Waals surface area contributed by atoms with E-state index in [4.69, 9.17) is 4.74 Å². The van der Waals surface area contributed by atoms with Gasteiger partial charge >= 0.3 is 0 Å². The summed E-state index contributed by atoms with van der Waals surface area (Å²) in [7, 11) is 0. The fraction of sp³-hybridized carbons (Fsp3) is 1.00. The molecule has 0 radical (unpaired) electrons. The van der Waals surface area contributed by atoms with E-state index in [1.807, 2.05) is 0 Å². The summed E-state index contributed by atoms with van der Waals surface area (Å²) in [4.78, 5) is 0. The van der Waals surface area contributed by atoms with Gasteiger partial charge in [0.2, 0.25) is 0 Å². The van der Waals surface area contributed by atoms with Gasteiger partial charge < -0.3 is 10.1 Å². The maximum atomic E-state index is 5.50. The molecule has 0 aromatic rings. The molecule has 0 bridgehead atoms. The molecule has 2 heterocycles. The molecule has 1 N–H and O–H groups in total. The van der Waals surface area contributed by atoms with Crippen molar-refractivity contribution in [1.82, 2.24) is 5.32 Å². The molecular formula is C13H25NOS2. The zero-order valence-corrected chi connectivity index (χ0v) is 12.6. The van der Waals surface area contributed by atoms with Gasteiger partial charge in [0.15, 0.2) is 0 Å². The van der Waals surface area contributed by atoms with Crippen LogP contribution < -0.4 is 5.32 Å². The van der Waals surface area contributed by atoms with Crippen molar-refractivity contribution in [3.05, 3.63) is 0 Å². The largest absolute Gasteiger partial charge is 0.381 e. The highest BCUT2D eigenvalue weighted by molar-refractivity contribution is 8.07. The van der Waals surface area contributed by atoms with E-state index in [2.05, 4.69) is 42.7 Å². The van der Waals surface area contributed by atoms with Crippen molar-refractivity contribution in [2.45, 2.75) is 43.2 Å². The molecule has 0 saturated carbocycles. The minimum absolute atomic E-state index is 0.691. The fourth-order valence-corrected chi connectivity index (χ4v) is 5.95. The van der Waals surface area contributed by atoms with E-state index in [1.165, 1.54) is 24.3 Å². The Morgan fingerprint density at radius 1 is 1.24 bits per heavy atom. The van der Waals surface area contributed by atoms with Gasteiger partial charge in [-0.1, -0.05) is 13.8 Å². The van der Waals surface area contributed by atoms with Gasteiger partial charge in [-0.15, -0.1) is 0 Å². The van der Waals surface area contributed by atoms with Crippen LogP contribution in [0.1, 0.15) is 26.7 Å². The second-order valence-electron chi connectivity index (χ2n) is 4.94. The average molecular weight is 275 g/mol. The third-order valence-electron chi connectivity index (χ3n) is 3.80. The van der Waals surface area contributed by atoms with Gasteiger partial charge in [-0.3, -0.25) is 0 Å². The lowest BCUT2D eigenvalue weighted by Gasteiger charge is -2.40. The Labute approximate surface area is 114 Å². The van der Waals surface area contributed by atoms with Crippen molar-refractivity contribution >= 4 is 23.5 Å². The highest BCUT2D eigenvalue weighted by Crippen LogP contribution is 2.37. The molecule has 100 valence electrons. The molecular weight excluding hydrogens is 250 g/mol. The van der Waals surface area contributed by atoms with Gasteiger partial charge in [0, 0.05) is 41.3 Å². The average Bonchev–Trinajstić information content (AvgIpc) is 2.38. The molecule has 2 fully saturated rings. The van der Waals surface area contributed by atoms with Gasteiger partial charge in [-0.25, -0.2) is 0 Å². The molecule has 4 heteroatoms. The molecule has 2 saturated heterocycles.